The molecule has 4 nitrogen and oxygen atoms in total. The number of carbonyl (C=O) groups is 1. The van der Waals surface area contributed by atoms with Crippen molar-refractivity contribution in [3.63, 3.8) is 0 Å². The summed E-state index contributed by atoms with van der Waals surface area (Å²) in [5, 5.41) is 0. The molecule has 2 unspecified atom stereocenters. The molecule has 1 saturated heterocycles. The molecule has 0 amide bonds. The Kier molecular flexibility index (Phi) is 4.10. The van der Waals surface area contributed by atoms with E-state index in [1.807, 2.05) is 32.9 Å². The first kappa shape index (κ1) is 13.9. The van der Waals surface area contributed by atoms with Crippen LogP contribution in [-0.4, -0.2) is 24.3 Å². The fraction of sp³-hybridized carbons (Fsp3) is 0.533. The summed E-state index contributed by atoms with van der Waals surface area (Å²) < 4.78 is 11.2. The van der Waals surface area contributed by atoms with E-state index in [0.717, 1.165) is 18.4 Å². The topological polar surface area (TPSA) is 61.6 Å². The smallest absolute Gasteiger partial charge is 0.340 e. The minimum atomic E-state index is -0.332. The van der Waals surface area contributed by atoms with Gasteiger partial charge >= 0.3 is 5.97 Å². The van der Waals surface area contributed by atoms with E-state index < -0.39 is 0 Å². The van der Waals surface area contributed by atoms with Crippen molar-refractivity contribution in [2.24, 2.45) is 0 Å². The maximum absolute atomic E-state index is 12.2. The van der Waals surface area contributed by atoms with Gasteiger partial charge in [-0.2, -0.15) is 0 Å². The molecule has 1 aliphatic rings. The van der Waals surface area contributed by atoms with Gasteiger partial charge in [-0.25, -0.2) is 4.79 Å². The Hall–Kier alpha value is -1.55. The Morgan fingerprint density at radius 1 is 1.32 bits per heavy atom. The van der Waals surface area contributed by atoms with Crippen LogP contribution in [0.1, 0.15) is 42.6 Å². The van der Waals surface area contributed by atoms with E-state index in [1.54, 1.807) is 6.07 Å². The van der Waals surface area contributed by atoms with Gasteiger partial charge in [0.05, 0.1) is 17.8 Å². The molecule has 0 aromatic heterocycles. The van der Waals surface area contributed by atoms with Crippen LogP contribution in [0, 0.1) is 6.92 Å². The van der Waals surface area contributed by atoms with Crippen LogP contribution >= 0.6 is 0 Å². The number of benzene rings is 1. The summed E-state index contributed by atoms with van der Waals surface area (Å²) in [6.45, 7) is 5.86. The molecule has 0 bridgehead atoms. The number of carbonyl (C=O) groups excluding carboxylic acids is 1. The van der Waals surface area contributed by atoms with E-state index in [1.165, 1.54) is 0 Å². The second kappa shape index (κ2) is 5.61. The minimum absolute atomic E-state index is 0.0924. The molecule has 2 N–H and O–H groups in total. The molecule has 1 heterocycles. The molecule has 2 rings (SSSR count). The number of nitrogens with two attached hydrogens (primary N) is 1. The predicted octanol–water partition coefficient (Wildman–Crippen LogP) is 2.69. The molecule has 1 aromatic rings. The monoisotopic (exact) mass is 263 g/mol. The van der Waals surface area contributed by atoms with Crippen molar-refractivity contribution in [3.8, 4) is 0 Å². The van der Waals surface area contributed by atoms with Gasteiger partial charge in [0.25, 0.3) is 0 Å². The Morgan fingerprint density at radius 2 is 1.95 bits per heavy atom. The molecule has 1 fully saturated rings. The van der Waals surface area contributed by atoms with Crippen LogP contribution in [0.25, 0.3) is 0 Å². The van der Waals surface area contributed by atoms with Gasteiger partial charge in [-0.3, -0.25) is 0 Å². The van der Waals surface area contributed by atoms with Gasteiger partial charge in [-0.05, 0) is 32.4 Å². The lowest BCUT2D eigenvalue weighted by atomic mass is 10.0. The maximum Gasteiger partial charge on any atom is 0.340 e. The molecular weight excluding hydrogens is 242 g/mol. The SMILES string of the molecule is Cc1cccc(N)c1C(=O)OC1CC(C)OC(C)C1. The van der Waals surface area contributed by atoms with Crippen LogP contribution in [0.15, 0.2) is 18.2 Å². The third-order valence-corrected chi connectivity index (χ3v) is 3.44. The summed E-state index contributed by atoms with van der Waals surface area (Å²) >= 11 is 0. The van der Waals surface area contributed by atoms with Crippen LogP contribution in [0.5, 0.6) is 0 Å². The Labute approximate surface area is 113 Å². The molecule has 1 aliphatic heterocycles. The highest BCUT2D eigenvalue weighted by Gasteiger charge is 2.28. The van der Waals surface area contributed by atoms with Crippen LogP contribution in [0.2, 0.25) is 0 Å². The van der Waals surface area contributed by atoms with E-state index in [4.69, 9.17) is 15.2 Å². The van der Waals surface area contributed by atoms with Gasteiger partial charge in [0.15, 0.2) is 0 Å². The number of rotatable bonds is 2. The summed E-state index contributed by atoms with van der Waals surface area (Å²) in [5.74, 6) is -0.332. The highest BCUT2D eigenvalue weighted by atomic mass is 16.6. The largest absolute Gasteiger partial charge is 0.459 e. The average Bonchev–Trinajstić information content (AvgIpc) is 2.26. The third-order valence-electron chi connectivity index (χ3n) is 3.44. The normalized spacial score (nSPS) is 27.0. The second-order valence-electron chi connectivity index (χ2n) is 5.30. The Balaban J connectivity index is 2.09. The van der Waals surface area contributed by atoms with E-state index in [9.17, 15) is 4.79 Å². The lowest BCUT2D eigenvalue weighted by molar-refractivity contribution is -0.0855. The summed E-state index contributed by atoms with van der Waals surface area (Å²) in [7, 11) is 0. The summed E-state index contributed by atoms with van der Waals surface area (Å²) in [4.78, 5) is 12.2. The zero-order valence-corrected chi connectivity index (χ0v) is 11.7. The Morgan fingerprint density at radius 3 is 2.53 bits per heavy atom. The average molecular weight is 263 g/mol. The first-order valence-corrected chi connectivity index (χ1v) is 6.69. The van der Waals surface area contributed by atoms with Gasteiger partial charge in [0.1, 0.15) is 6.10 Å². The fourth-order valence-corrected chi connectivity index (χ4v) is 2.62. The fourth-order valence-electron chi connectivity index (χ4n) is 2.62. The third kappa shape index (κ3) is 3.26. The zero-order chi connectivity index (χ0) is 14.0. The van der Waals surface area contributed by atoms with Crippen molar-refractivity contribution in [2.45, 2.75) is 51.9 Å². The zero-order valence-electron chi connectivity index (χ0n) is 11.7. The van der Waals surface area contributed by atoms with Crippen molar-refractivity contribution < 1.29 is 14.3 Å². The maximum atomic E-state index is 12.2. The number of esters is 1. The molecule has 0 aliphatic carbocycles. The number of nitrogen functional groups attached to an aromatic ring is 1. The van der Waals surface area contributed by atoms with Gasteiger partial charge < -0.3 is 15.2 Å². The molecule has 0 saturated carbocycles. The van der Waals surface area contributed by atoms with Crippen molar-refractivity contribution in [3.05, 3.63) is 29.3 Å². The molecular formula is C15H21NO3. The van der Waals surface area contributed by atoms with Crippen molar-refractivity contribution >= 4 is 11.7 Å². The van der Waals surface area contributed by atoms with E-state index in [2.05, 4.69) is 0 Å². The van der Waals surface area contributed by atoms with E-state index in [0.29, 0.717) is 11.3 Å². The van der Waals surface area contributed by atoms with E-state index in [-0.39, 0.29) is 24.3 Å². The van der Waals surface area contributed by atoms with Crippen molar-refractivity contribution in [2.75, 3.05) is 5.73 Å². The second-order valence-corrected chi connectivity index (χ2v) is 5.30. The standard InChI is InChI=1S/C15H21NO3/c1-9-5-4-6-13(16)14(9)15(17)19-12-7-10(2)18-11(3)8-12/h4-6,10-12H,7-8,16H2,1-3H3. The summed E-state index contributed by atoms with van der Waals surface area (Å²) in [6, 6.07) is 5.42. The van der Waals surface area contributed by atoms with Crippen LogP contribution < -0.4 is 5.73 Å². The highest BCUT2D eigenvalue weighted by Crippen LogP contribution is 2.24. The number of ether oxygens (including phenoxy) is 2. The van der Waals surface area contributed by atoms with Gasteiger partial charge in [-0.1, -0.05) is 12.1 Å². The molecule has 1 aromatic carbocycles. The van der Waals surface area contributed by atoms with Crippen LogP contribution in [0.3, 0.4) is 0 Å². The van der Waals surface area contributed by atoms with Gasteiger partial charge in [0.2, 0.25) is 0 Å². The lowest BCUT2D eigenvalue weighted by Crippen LogP contribution is -2.35. The first-order chi connectivity index (χ1) is 8.97. The molecule has 2 atom stereocenters. The summed E-state index contributed by atoms with van der Waals surface area (Å²) in [5.41, 5.74) is 7.65. The van der Waals surface area contributed by atoms with Crippen LogP contribution in [-0.2, 0) is 9.47 Å². The van der Waals surface area contributed by atoms with Crippen LogP contribution in [0.4, 0.5) is 5.69 Å². The summed E-state index contributed by atoms with van der Waals surface area (Å²) in [6.07, 6.45) is 1.63. The molecule has 19 heavy (non-hydrogen) atoms. The predicted molar refractivity (Wildman–Crippen MR) is 74.0 cm³/mol. The molecule has 0 spiro atoms. The molecule has 104 valence electrons. The minimum Gasteiger partial charge on any atom is -0.459 e. The quantitative estimate of drug-likeness (QED) is 0.658. The molecule has 4 heteroatoms. The first-order valence-electron chi connectivity index (χ1n) is 6.69. The van der Waals surface area contributed by atoms with Crippen molar-refractivity contribution in [1.29, 1.82) is 0 Å². The number of anilines is 1. The number of hydrogen-bond donors (Lipinski definition) is 1. The number of aryl methyl sites for hydroxylation is 1. The van der Waals surface area contributed by atoms with E-state index >= 15 is 0 Å². The van der Waals surface area contributed by atoms with Gasteiger partial charge in [-0.15, -0.1) is 0 Å². The lowest BCUT2D eigenvalue weighted by Gasteiger charge is -2.31. The molecule has 0 radical (unpaired) electrons. The van der Waals surface area contributed by atoms with Crippen molar-refractivity contribution in [1.82, 2.24) is 0 Å². The number of hydrogen-bond acceptors (Lipinski definition) is 4. The highest BCUT2D eigenvalue weighted by molar-refractivity contribution is 5.96. The Bertz CT molecular complexity index is 442. The van der Waals surface area contributed by atoms with Gasteiger partial charge in [0, 0.05) is 18.5 Å².